The summed E-state index contributed by atoms with van der Waals surface area (Å²) in [5.74, 6) is -0.0409. The predicted molar refractivity (Wildman–Crippen MR) is 147 cm³/mol. The van der Waals surface area contributed by atoms with Crippen LogP contribution in [0.15, 0.2) is 42.0 Å². The molecule has 2 aliphatic rings. The van der Waals surface area contributed by atoms with E-state index in [-0.39, 0.29) is 17.4 Å². The Hall–Kier alpha value is -3.56. The Morgan fingerprint density at radius 1 is 1.05 bits per heavy atom. The maximum absolute atomic E-state index is 13.5. The minimum Gasteiger partial charge on any atom is -0.507 e. The van der Waals surface area contributed by atoms with Crippen molar-refractivity contribution in [3.05, 3.63) is 58.7 Å². The van der Waals surface area contributed by atoms with Gasteiger partial charge in [0.2, 0.25) is 0 Å². The molecule has 39 heavy (non-hydrogen) atoms. The van der Waals surface area contributed by atoms with Gasteiger partial charge in [-0.05, 0) is 57.0 Å². The summed E-state index contributed by atoms with van der Waals surface area (Å²) in [4.78, 5) is 30.7. The van der Waals surface area contributed by atoms with Gasteiger partial charge in [0, 0.05) is 37.3 Å². The molecule has 2 saturated heterocycles. The zero-order valence-corrected chi connectivity index (χ0v) is 23.4. The molecule has 4 rings (SSSR count). The largest absolute Gasteiger partial charge is 0.507 e. The summed E-state index contributed by atoms with van der Waals surface area (Å²) in [7, 11) is 3.05. The number of para-hydroxylation sites is 1. The van der Waals surface area contributed by atoms with Gasteiger partial charge in [-0.3, -0.25) is 14.5 Å². The number of aliphatic hydroxyl groups excluding tert-OH is 1. The van der Waals surface area contributed by atoms with Gasteiger partial charge in [-0.2, -0.15) is 0 Å². The number of nitrogens with zero attached hydrogens (tertiary/aromatic N) is 2. The fraction of sp³-hybridized carbons (Fsp3) is 0.467. The number of aryl methyl sites for hydroxylation is 1. The van der Waals surface area contributed by atoms with Gasteiger partial charge < -0.3 is 29.0 Å². The molecule has 210 valence electrons. The summed E-state index contributed by atoms with van der Waals surface area (Å²) in [5.41, 5.74) is 1.83. The van der Waals surface area contributed by atoms with Gasteiger partial charge in [-0.1, -0.05) is 12.1 Å². The van der Waals surface area contributed by atoms with Crippen LogP contribution >= 0.6 is 0 Å². The number of likely N-dealkylation sites (tertiary alicyclic amines) is 1. The number of morpholine rings is 1. The van der Waals surface area contributed by atoms with Crippen molar-refractivity contribution in [2.45, 2.75) is 39.3 Å². The second kappa shape index (κ2) is 12.5. The van der Waals surface area contributed by atoms with E-state index in [0.717, 1.165) is 25.2 Å². The number of Topliss-reactive ketones (excluding diaryl/α,β-unsaturated/α-hetero) is 1. The van der Waals surface area contributed by atoms with Crippen molar-refractivity contribution in [3.8, 4) is 17.2 Å². The Kier molecular flexibility index (Phi) is 9.14. The second-order valence-corrected chi connectivity index (χ2v) is 10.0. The highest BCUT2D eigenvalue weighted by atomic mass is 16.5. The lowest BCUT2D eigenvalue weighted by Crippen LogP contribution is -2.39. The Labute approximate surface area is 229 Å². The number of benzene rings is 2. The lowest BCUT2D eigenvalue weighted by atomic mass is 9.93. The second-order valence-electron chi connectivity index (χ2n) is 10.0. The van der Waals surface area contributed by atoms with E-state index in [1.807, 2.05) is 20.8 Å². The highest BCUT2D eigenvalue weighted by Gasteiger charge is 2.47. The molecule has 0 bridgehead atoms. The number of aliphatic hydroxyl groups is 1. The van der Waals surface area contributed by atoms with Gasteiger partial charge in [0.15, 0.2) is 11.5 Å². The van der Waals surface area contributed by atoms with Crippen LogP contribution in [-0.4, -0.2) is 86.3 Å². The summed E-state index contributed by atoms with van der Waals surface area (Å²) in [6.45, 7) is 9.91. The van der Waals surface area contributed by atoms with E-state index in [9.17, 15) is 14.7 Å². The van der Waals surface area contributed by atoms with Crippen LogP contribution in [0.25, 0.3) is 5.76 Å². The maximum atomic E-state index is 13.5. The van der Waals surface area contributed by atoms with Crippen molar-refractivity contribution in [2.24, 2.45) is 0 Å². The smallest absolute Gasteiger partial charge is 0.295 e. The van der Waals surface area contributed by atoms with Crippen molar-refractivity contribution >= 4 is 17.4 Å². The Bertz CT molecular complexity index is 1230. The lowest BCUT2D eigenvalue weighted by molar-refractivity contribution is -0.140. The number of methoxy groups -OCH3 is 2. The SMILES string of the molecule is COc1cccc([C@H]2/C(=C(\O)c3ccc(OC(C)C)c(C)c3)C(=O)C(=O)N2CCCN2CCOCC2)c1OC. The van der Waals surface area contributed by atoms with Gasteiger partial charge in [-0.15, -0.1) is 0 Å². The minimum atomic E-state index is -0.841. The molecule has 2 aliphatic heterocycles. The third-order valence-corrected chi connectivity index (χ3v) is 7.06. The molecule has 9 nitrogen and oxygen atoms in total. The molecule has 0 unspecified atom stereocenters. The number of carbonyl (C=O) groups excluding carboxylic acids is 2. The first-order chi connectivity index (χ1) is 18.8. The zero-order valence-electron chi connectivity index (χ0n) is 23.4. The van der Waals surface area contributed by atoms with Crippen LogP contribution in [0.4, 0.5) is 0 Å². The summed E-state index contributed by atoms with van der Waals surface area (Å²) >= 11 is 0. The first kappa shape index (κ1) is 28.4. The van der Waals surface area contributed by atoms with E-state index < -0.39 is 17.7 Å². The number of carbonyl (C=O) groups is 2. The van der Waals surface area contributed by atoms with Crippen LogP contribution in [0.2, 0.25) is 0 Å². The van der Waals surface area contributed by atoms with Gasteiger partial charge in [0.1, 0.15) is 11.5 Å². The molecule has 0 aromatic heterocycles. The van der Waals surface area contributed by atoms with Crippen LogP contribution in [0, 0.1) is 6.92 Å². The third kappa shape index (κ3) is 6.04. The third-order valence-electron chi connectivity index (χ3n) is 7.06. The Balaban J connectivity index is 1.76. The molecule has 1 atom stereocenters. The first-order valence-corrected chi connectivity index (χ1v) is 13.3. The summed E-state index contributed by atoms with van der Waals surface area (Å²) < 4.78 is 22.5. The molecule has 1 amide bonds. The molecule has 0 spiro atoms. The first-order valence-electron chi connectivity index (χ1n) is 13.3. The minimum absolute atomic E-state index is 0.00791. The topological polar surface area (TPSA) is 97.8 Å². The quantitative estimate of drug-likeness (QED) is 0.276. The fourth-order valence-electron chi connectivity index (χ4n) is 5.19. The summed E-state index contributed by atoms with van der Waals surface area (Å²) in [5, 5.41) is 11.5. The van der Waals surface area contributed by atoms with E-state index in [2.05, 4.69) is 4.90 Å². The molecule has 1 N–H and O–H groups in total. The molecule has 2 aromatic rings. The molecular formula is C30H38N2O7. The number of ether oxygens (including phenoxy) is 4. The van der Waals surface area contributed by atoms with Crippen LogP contribution < -0.4 is 14.2 Å². The molecule has 0 saturated carbocycles. The Morgan fingerprint density at radius 3 is 2.44 bits per heavy atom. The Morgan fingerprint density at radius 2 is 1.79 bits per heavy atom. The number of hydrogen-bond donors (Lipinski definition) is 1. The molecule has 0 aliphatic carbocycles. The van der Waals surface area contributed by atoms with Gasteiger partial charge >= 0.3 is 0 Å². The van der Waals surface area contributed by atoms with Crippen LogP contribution in [0.3, 0.4) is 0 Å². The molecule has 2 heterocycles. The highest BCUT2D eigenvalue weighted by molar-refractivity contribution is 6.46. The normalized spacial score (nSPS) is 19.5. The maximum Gasteiger partial charge on any atom is 0.295 e. The number of ketones is 1. The van der Waals surface area contributed by atoms with Gasteiger partial charge in [0.05, 0.1) is 45.2 Å². The van der Waals surface area contributed by atoms with E-state index in [4.69, 9.17) is 18.9 Å². The summed E-state index contributed by atoms with van der Waals surface area (Å²) in [6.07, 6.45) is 0.655. The van der Waals surface area contributed by atoms with Crippen molar-refractivity contribution < 1.29 is 33.6 Å². The molecule has 2 aromatic carbocycles. The van der Waals surface area contributed by atoms with E-state index >= 15 is 0 Å². The van der Waals surface area contributed by atoms with Gasteiger partial charge in [0.25, 0.3) is 11.7 Å². The van der Waals surface area contributed by atoms with Crippen molar-refractivity contribution in [1.82, 2.24) is 9.80 Å². The summed E-state index contributed by atoms with van der Waals surface area (Å²) in [6, 6.07) is 9.72. The lowest BCUT2D eigenvalue weighted by Gasteiger charge is -2.30. The van der Waals surface area contributed by atoms with Crippen LogP contribution in [0.5, 0.6) is 17.2 Å². The number of hydrogen-bond acceptors (Lipinski definition) is 8. The van der Waals surface area contributed by atoms with E-state index in [1.165, 1.54) is 19.1 Å². The number of rotatable bonds is 10. The fourth-order valence-corrected chi connectivity index (χ4v) is 5.19. The van der Waals surface area contributed by atoms with Crippen molar-refractivity contribution in [1.29, 1.82) is 0 Å². The van der Waals surface area contributed by atoms with E-state index in [0.29, 0.717) is 54.6 Å². The van der Waals surface area contributed by atoms with Gasteiger partial charge in [-0.25, -0.2) is 0 Å². The average Bonchev–Trinajstić information content (AvgIpc) is 3.18. The van der Waals surface area contributed by atoms with E-state index in [1.54, 1.807) is 36.4 Å². The van der Waals surface area contributed by atoms with Crippen molar-refractivity contribution in [2.75, 3.05) is 53.6 Å². The highest BCUT2D eigenvalue weighted by Crippen LogP contribution is 2.45. The average molecular weight is 539 g/mol. The van der Waals surface area contributed by atoms with Crippen molar-refractivity contribution in [3.63, 3.8) is 0 Å². The zero-order chi connectivity index (χ0) is 28.1. The molecular weight excluding hydrogens is 500 g/mol. The van der Waals surface area contributed by atoms with Crippen LogP contribution in [0.1, 0.15) is 43.0 Å². The molecule has 9 heteroatoms. The monoisotopic (exact) mass is 538 g/mol. The molecule has 2 fully saturated rings. The molecule has 0 radical (unpaired) electrons. The number of amides is 1. The standard InChI is InChI=1S/C30H38N2O7/c1-19(2)39-23-11-10-21(18-20(23)3)27(33)25-26(22-8-6-9-24(36-4)29(22)37-5)32(30(35)28(25)34)13-7-12-31-14-16-38-17-15-31/h6,8-11,18-19,26,33H,7,12-17H2,1-5H3/b27-25+/t26-/m0/s1. The van der Waals surface area contributed by atoms with Crippen LogP contribution in [-0.2, 0) is 14.3 Å². The predicted octanol–water partition coefficient (Wildman–Crippen LogP) is 3.94.